The van der Waals surface area contributed by atoms with Crippen molar-refractivity contribution in [2.75, 3.05) is 12.5 Å². The van der Waals surface area contributed by atoms with Gasteiger partial charge in [-0.2, -0.15) is 5.10 Å². The van der Waals surface area contributed by atoms with E-state index in [1.54, 1.807) is 6.20 Å². The van der Waals surface area contributed by atoms with E-state index in [0.717, 1.165) is 22.4 Å². The number of rotatable bonds is 1. The highest BCUT2D eigenvalue weighted by atomic mass is 16.7. The molecule has 1 aromatic carbocycles. The zero-order valence-corrected chi connectivity index (χ0v) is 8.56. The van der Waals surface area contributed by atoms with Crippen molar-refractivity contribution < 1.29 is 9.47 Å². The van der Waals surface area contributed by atoms with Gasteiger partial charge in [-0.15, -0.1) is 0 Å². The van der Waals surface area contributed by atoms with Crippen molar-refractivity contribution >= 4 is 5.82 Å². The minimum Gasteiger partial charge on any atom is -0.467 e. The highest BCUT2D eigenvalue weighted by molar-refractivity contribution is 5.77. The molecule has 1 aromatic heterocycles. The Kier molecular flexibility index (Phi) is 2.04. The van der Waals surface area contributed by atoms with Crippen LogP contribution >= 0.6 is 0 Å². The number of nitrogens with zero attached hydrogens (tertiary/aromatic N) is 1. The van der Waals surface area contributed by atoms with Crippen LogP contribution in [-0.2, 0) is 11.3 Å². The average molecular weight is 217 g/mol. The first kappa shape index (κ1) is 9.23. The molecular formula is C11H11N3O2. The molecule has 5 heteroatoms. The van der Waals surface area contributed by atoms with Crippen molar-refractivity contribution in [2.45, 2.75) is 6.61 Å². The fourth-order valence-corrected chi connectivity index (χ4v) is 1.86. The number of H-pyrrole nitrogens is 1. The zero-order valence-electron chi connectivity index (χ0n) is 8.56. The van der Waals surface area contributed by atoms with Crippen LogP contribution < -0.4 is 10.5 Å². The van der Waals surface area contributed by atoms with Crippen LogP contribution in [0.3, 0.4) is 0 Å². The standard InChI is InChI=1S/C11H11N3O2/c12-11-8(4-13-14-11)7-2-1-3-10-9(7)5-15-6-16-10/h1-4H,5-6H2,(H3,12,13,14). The third-order valence-corrected chi connectivity index (χ3v) is 2.64. The number of aromatic amines is 1. The van der Waals surface area contributed by atoms with Crippen LogP contribution in [0.2, 0.25) is 0 Å². The first-order valence-corrected chi connectivity index (χ1v) is 4.98. The van der Waals surface area contributed by atoms with Crippen LogP contribution in [0, 0.1) is 0 Å². The number of hydrogen-bond donors (Lipinski definition) is 2. The molecule has 3 rings (SSSR count). The third kappa shape index (κ3) is 1.33. The summed E-state index contributed by atoms with van der Waals surface area (Å²) in [4.78, 5) is 0. The van der Waals surface area contributed by atoms with E-state index < -0.39 is 0 Å². The van der Waals surface area contributed by atoms with Gasteiger partial charge in [0.2, 0.25) is 0 Å². The lowest BCUT2D eigenvalue weighted by Gasteiger charge is -2.20. The Morgan fingerprint density at radius 2 is 2.25 bits per heavy atom. The van der Waals surface area contributed by atoms with Crippen molar-refractivity contribution in [3.05, 3.63) is 30.0 Å². The monoisotopic (exact) mass is 217 g/mol. The lowest BCUT2D eigenvalue weighted by molar-refractivity contribution is -0.0160. The molecule has 0 atom stereocenters. The summed E-state index contributed by atoms with van der Waals surface area (Å²) in [6.45, 7) is 0.841. The molecule has 0 saturated carbocycles. The molecule has 0 unspecified atom stereocenters. The molecule has 3 N–H and O–H groups in total. The highest BCUT2D eigenvalue weighted by Gasteiger charge is 2.17. The van der Waals surface area contributed by atoms with Crippen LogP contribution in [0.15, 0.2) is 24.4 Å². The predicted molar refractivity (Wildman–Crippen MR) is 58.7 cm³/mol. The van der Waals surface area contributed by atoms with Gasteiger partial charge in [0.15, 0.2) is 6.79 Å². The van der Waals surface area contributed by atoms with E-state index in [0.29, 0.717) is 19.2 Å². The Bertz CT molecular complexity index is 522. The minimum atomic E-state index is 0.303. The predicted octanol–water partition coefficient (Wildman–Crippen LogP) is 1.53. The molecule has 0 amide bonds. The molecule has 0 fully saturated rings. The molecule has 0 aliphatic carbocycles. The SMILES string of the molecule is Nc1[nH]ncc1-c1cccc2c1COCO2. The third-order valence-electron chi connectivity index (χ3n) is 2.64. The summed E-state index contributed by atoms with van der Waals surface area (Å²) >= 11 is 0. The molecule has 2 aromatic rings. The zero-order chi connectivity index (χ0) is 11.0. The van der Waals surface area contributed by atoms with Gasteiger partial charge in [-0.1, -0.05) is 12.1 Å². The number of hydrogen-bond acceptors (Lipinski definition) is 4. The first-order valence-electron chi connectivity index (χ1n) is 4.98. The van der Waals surface area contributed by atoms with Crippen LogP contribution in [0.1, 0.15) is 5.56 Å². The Morgan fingerprint density at radius 3 is 3.06 bits per heavy atom. The molecule has 1 aliphatic heterocycles. The molecule has 0 saturated heterocycles. The fourth-order valence-electron chi connectivity index (χ4n) is 1.86. The summed E-state index contributed by atoms with van der Waals surface area (Å²) in [5, 5.41) is 6.64. The van der Waals surface area contributed by atoms with Gasteiger partial charge >= 0.3 is 0 Å². The Hall–Kier alpha value is -2.01. The number of nitrogen functional groups attached to an aromatic ring is 1. The first-order chi connectivity index (χ1) is 7.86. The Balaban J connectivity index is 2.18. The number of aromatic nitrogens is 2. The van der Waals surface area contributed by atoms with Crippen molar-refractivity contribution in [1.29, 1.82) is 0 Å². The molecule has 0 spiro atoms. The van der Waals surface area contributed by atoms with Crippen molar-refractivity contribution in [3.63, 3.8) is 0 Å². The van der Waals surface area contributed by atoms with Gasteiger partial charge in [0.1, 0.15) is 11.6 Å². The molecule has 0 radical (unpaired) electrons. The molecule has 16 heavy (non-hydrogen) atoms. The van der Waals surface area contributed by atoms with Gasteiger partial charge in [0.25, 0.3) is 0 Å². The van der Waals surface area contributed by atoms with Crippen molar-refractivity contribution in [2.24, 2.45) is 0 Å². The maximum Gasteiger partial charge on any atom is 0.189 e. The van der Waals surface area contributed by atoms with Gasteiger partial charge in [-0.05, 0) is 11.6 Å². The van der Waals surface area contributed by atoms with Crippen molar-refractivity contribution in [1.82, 2.24) is 10.2 Å². The maximum absolute atomic E-state index is 5.81. The van der Waals surface area contributed by atoms with Gasteiger partial charge in [-0.25, -0.2) is 0 Å². The second-order valence-corrected chi connectivity index (χ2v) is 3.59. The Morgan fingerprint density at radius 1 is 1.31 bits per heavy atom. The summed E-state index contributed by atoms with van der Waals surface area (Å²) in [5.41, 5.74) is 8.71. The second kappa shape index (κ2) is 3.53. The number of ether oxygens (including phenoxy) is 2. The van der Waals surface area contributed by atoms with Gasteiger partial charge < -0.3 is 15.2 Å². The minimum absolute atomic E-state index is 0.303. The number of benzene rings is 1. The topological polar surface area (TPSA) is 73.2 Å². The number of anilines is 1. The normalized spacial score (nSPS) is 14.2. The molecule has 1 aliphatic rings. The summed E-state index contributed by atoms with van der Waals surface area (Å²) < 4.78 is 10.7. The summed E-state index contributed by atoms with van der Waals surface area (Å²) in [7, 11) is 0. The Labute approximate surface area is 92.2 Å². The molecular weight excluding hydrogens is 206 g/mol. The molecule has 82 valence electrons. The maximum atomic E-state index is 5.81. The fraction of sp³-hybridized carbons (Fsp3) is 0.182. The van der Waals surface area contributed by atoms with E-state index in [1.165, 1.54) is 0 Å². The largest absolute Gasteiger partial charge is 0.467 e. The summed E-state index contributed by atoms with van der Waals surface area (Å²) in [6, 6.07) is 5.85. The highest BCUT2D eigenvalue weighted by Crippen LogP contribution is 2.35. The van der Waals surface area contributed by atoms with Crippen molar-refractivity contribution in [3.8, 4) is 16.9 Å². The van der Waals surface area contributed by atoms with Gasteiger partial charge in [-0.3, -0.25) is 5.10 Å². The van der Waals surface area contributed by atoms with E-state index in [2.05, 4.69) is 10.2 Å². The van der Waals surface area contributed by atoms with Crippen LogP contribution in [0.5, 0.6) is 5.75 Å². The van der Waals surface area contributed by atoms with E-state index >= 15 is 0 Å². The van der Waals surface area contributed by atoms with Crippen LogP contribution in [0.25, 0.3) is 11.1 Å². The lowest BCUT2D eigenvalue weighted by Crippen LogP contribution is -2.12. The second-order valence-electron chi connectivity index (χ2n) is 3.59. The molecule has 0 bridgehead atoms. The van der Waals surface area contributed by atoms with E-state index in [-0.39, 0.29) is 0 Å². The average Bonchev–Trinajstić information content (AvgIpc) is 2.75. The van der Waals surface area contributed by atoms with E-state index in [1.807, 2.05) is 18.2 Å². The molecule has 5 nitrogen and oxygen atoms in total. The van der Waals surface area contributed by atoms with Crippen LogP contribution in [-0.4, -0.2) is 17.0 Å². The van der Waals surface area contributed by atoms with E-state index in [4.69, 9.17) is 15.2 Å². The van der Waals surface area contributed by atoms with Crippen LogP contribution in [0.4, 0.5) is 5.82 Å². The summed E-state index contributed by atoms with van der Waals surface area (Å²) in [5.74, 6) is 1.41. The lowest BCUT2D eigenvalue weighted by atomic mass is 10.0. The molecule has 2 heterocycles. The number of nitrogens with one attached hydrogen (secondary N) is 1. The summed E-state index contributed by atoms with van der Waals surface area (Å²) in [6.07, 6.45) is 1.71. The number of nitrogens with two attached hydrogens (primary N) is 1. The number of fused-ring (bicyclic) bond motifs is 1. The quantitative estimate of drug-likeness (QED) is 0.759. The smallest absolute Gasteiger partial charge is 0.189 e. The van der Waals surface area contributed by atoms with Gasteiger partial charge in [0, 0.05) is 11.1 Å². The van der Waals surface area contributed by atoms with Gasteiger partial charge in [0.05, 0.1) is 12.8 Å². The van der Waals surface area contributed by atoms with E-state index in [9.17, 15) is 0 Å².